The van der Waals surface area contributed by atoms with Crippen molar-refractivity contribution in [3.05, 3.63) is 59.9 Å². The molecule has 0 spiro atoms. The third-order valence-electron chi connectivity index (χ3n) is 4.18. The van der Waals surface area contributed by atoms with Gasteiger partial charge in [0.25, 0.3) is 0 Å². The first-order valence-corrected chi connectivity index (χ1v) is 8.33. The Morgan fingerprint density at radius 3 is 2.88 bits per heavy atom. The summed E-state index contributed by atoms with van der Waals surface area (Å²) in [7, 11) is 0. The summed E-state index contributed by atoms with van der Waals surface area (Å²) in [6.07, 6.45) is 3.20. The average molecular weight is 336 g/mol. The van der Waals surface area contributed by atoms with Crippen molar-refractivity contribution in [2.24, 2.45) is 0 Å². The third-order valence-corrected chi connectivity index (χ3v) is 4.18. The standard InChI is InChI=1S/C19H20N4O2/c20-11-16-8-9-18(12-21-16)23-10-4-7-17(13-23)22-19(24)25-14-15-5-2-1-3-6-15/h1-3,5-6,8-9,12,17H,4,7,10,13-14H2,(H,22,24). The quantitative estimate of drug-likeness (QED) is 0.929. The van der Waals surface area contributed by atoms with Gasteiger partial charge in [0.1, 0.15) is 18.4 Å². The molecule has 6 nitrogen and oxygen atoms in total. The highest BCUT2D eigenvalue weighted by Gasteiger charge is 2.22. The Morgan fingerprint density at radius 2 is 2.16 bits per heavy atom. The highest BCUT2D eigenvalue weighted by atomic mass is 16.5. The number of piperidine rings is 1. The number of anilines is 1. The van der Waals surface area contributed by atoms with Crippen LogP contribution in [-0.2, 0) is 11.3 Å². The lowest BCUT2D eigenvalue weighted by Crippen LogP contribution is -2.48. The number of amides is 1. The fourth-order valence-electron chi connectivity index (χ4n) is 2.90. The van der Waals surface area contributed by atoms with Crippen LogP contribution in [0.25, 0.3) is 0 Å². The molecule has 1 saturated heterocycles. The molecule has 1 fully saturated rings. The average Bonchev–Trinajstić information content (AvgIpc) is 2.67. The molecule has 2 heterocycles. The van der Waals surface area contributed by atoms with Crippen molar-refractivity contribution in [2.45, 2.75) is 25.5 Å². The van der Waals surface area contributed by atoms with Crippen LogP contribution in [0.2, 0.25) is 0 Å². The number of nitrogens with zero attached hydrogens (tertiary/aromatic N) is 3. The van der Waals surface area contributed by atoms with Crippen molar-refractivity contribution in [1.29, 1.82) is 5.26 Å². The summed E-state index contributed by atoms with van der Waals surface area (Å²) < 4.78 is 5.29. The summed E-state index contributed by atoms with van der Waals surface area (Å²) in [6.45, 7) is 1.88. The number of rotatable bonds is 4. The van der Waals surface area contributed by atoms with Gasteiger partial charge in [-0.1, -0.05) is 30.3 Å². The molecule has 0 aliphatic carbocycles. The predicted molar refractivity (Wildman–Crippen MR) is 93.9 cm³/mol. The van der Waals surface area contributed by atoms with E-state index in [2.05, 4.69) is 15.2 Å². The molecule has 0 radical (unpaired) electrons. The van der Waals surface area contributed by atoms with Crippen molar-refractivity contribution in [3.63, 3.8) is 0 Å². The molecule has 128 valence electrons. The van der Waals surface area contributed by atoms with Crippen LogP contribution in [0.3, 0.4) is 0 Å². The molecule has 25 heavy (non-hydrogen) atoms. The van der Waals surface area contributed by atoms with Gasteiger partial charge in [-0.2, -0.15) is 5.26 Å². The lowest BCUT2D eigenvalue weighted by Gasteiger charge is -2.34. The monoisotopic (exact) mass is 336 g/mol. The Balaban J connectivity index is 1.50. The smallest absolute Gasteiger partial charge is 0.407 e. The second-order valence-corrected chi connectivity index (χ2v) is 6.00. The molecule has 1 N–H and O–H groups in total. The van der Waals surface area contributed by atoms with Crippen LogP contribution in [0.15, 0.2) is 48.7 Å². The summed E-state index contributed by atoms with van der Waals surface area (Å²) in [5.41, 5.74) is 2.33. The zero-order chi connectivity index (χ0) is 17.5. The van der Waals surface area contributed by atoms with Crippen molar-refractivity contribution < 1.29 is 9.53 Å². The maximum atomic E-state index is 12.0. The van der Waals surface area contributed by atoms with E-state index in [1.807, 2.05) is 42.5 Å². The fraction of sp³-hybridized carbons (Fsp3) is 0.316. The molecule has 2 aromatic rings. The van der Waals surface area contributed by atoms with E-state index in [-0.39, 0.29) is 12.6 Å². The van der Waals surface area contributed by atoms with Crippen molar-refractivity contribution in [1.82, 2.24) is 10.3 Å². The molecule has 1 unspecified atom stereocenters. The van der Waals surface area contributed by atoms with E-state index >= 15 is 0 Å². The molecule has 6 heteroatoms. The Hall–Kier alpha value is -3.07. The van der Waals surface area contributed by atoms with Crippen molar-refractivity contribution in [3.8, 4) is 6.07 Å². The number of aromatic nitrogens is 1. The second-order valence-electron chi connectivity index (χ2n) is 6.00. The molecular weight excluding hydrogens is 316 g/mol. The van der Waals surface area contributed by atoms with E-state index in [4.69, 9.17) is 10.00 Å². The van der Waals surface area contributed by atoms with Gasteiger partial charge in [-0.15, -0.1) is 0 Å². The van der Waals surface area contributed by atoms with Crippen LogP contribution in [0.4, 0.5) is 10.5 Å². The molecule has 0 bridgehead atoms. The van der Waals surface area contributed by atoms with Gasteiger partial charge >= 0.3 is 6.09 Å². The second kappa shape index (κ2) is 8.15. The summed E-state index contributed by atoms with van der Waals surface area (Å²) in [5.74, 6) is 0. The lowest BCUT2D eigenvalue weighted by molar-refractivity contribution is 0.134. The van der Waals surface area contributed by atoms with E-state index in [1.54, 1.807) is 12.3 Å². The maximum Gasteiger partial charge on any atom is 0.407 e. The van der Waals surface area contributed by atoms with Crippen LogP contribution in [0.5, 0.6) is 0 Å². The number of pyridine rings is 1. The van der Waals surface area contributed by atoms with E-state index in [0.29, 0.717) is 12.2 Å². The van der Waals surface area contributed by atoms with E-state index in [9.17, 15) is 4.79 Å². The SMILES string of the molecule is N#Cc1ccc(N2CCCC(NC(=O)OCc3ccccc3)C2)cn1. The number of alkyl carbamates (subject to hydrolysis) is 1. The molecule has 1 aromatic carbocycles. The van der Waals surface area contributed by atoms with Crippen molar-refractivity contribution in [2.75, 3.05) is 18.0 Å². The van der Waals surface area contributed by atoms with Crippen LogP contribution in [0, 0.1) is 11.3 Å². The fourth-order valence-corrected chi connectivity index (χ4v) is 2.90. The molecule has 1 aromatic heterocycles. The minimum Gasteiger partial charge on any atom is -0.445 e. The van der Waals surface area contributed by atoms with Gasteiger partial charge in [-0.05, 0) is 30.5 Å². The lowest BCUT2D eigenvalue weighted by atomic mass is 10.1. The van der Waals surface area contributed by atoms with E-state index < -0.39 is 6.09 Å². The summed E-state index contributed by atoms with van der Waals surface area (Å²) in [6, 6.07) is 15.3. The van der Waals surface area contributed by atoms with Gasteiger partial charge in [-0.3, -0.25) is 0 Å². The zero-order valence-corrected chi connectivity index (χ0v) is 13.9. The molecule has 1 aliphatic rings. The minimum absolute atomic E-state index is 0.0349. The largest absolute Gasteiger partial charge is 0.445 e. The molecule has 1 atom stereocenters. The van der Waals surface area contributed by atoms with E-state index in [0.717, 1.165) is 30.6 Å². The highest BCUT2D eigenvalue weighted by Crippen LogP contribution is 2.19. The first-order chi connectivity index (χ1) is 12.2. The van der Waals surface area contributed by atoms with Crippen LogP contribution >= 0.6 is 0 Å². The maximum absolute atomic E-state index is 12.0. The van der Waals surface area contributed by atoms with Gasteiger partial charge in [0, 0.05) is 19.1 Å². The molecule has 0 saturated carbocycles. The van der Waals surface area contributed by atoms with Gasteiger partial charge in [-0.25, -0.2) is 9.78 Å². The third kappa shape index (κ3) is 4.70. The normalized spacial score (nSPS) is 16.8. The number of nitrogens with one attached hydrogen (secondary N) is 1. The summed E-state index contributed by atoms with van der Waals surface area (Å²) in [4.78, 5) is 18.3. The van der Waals surface area contributed by atoms with Crippen LogP contribution in [0.1, 0.15) is 24.1 Å². The predicted octanol–water partition coefficient (Wildman–Crippen LogP) is 2.85. The van der Waals surface area contributed by atoms with Gasteiger partial charge in [0.2, 0.25) is 0 Å². The first kappa shape index (κ1) is 16.8. The topological polar surface area (TPSA) is 78.2 Å². The number of ether oxygens (including phenoxy) is 1. The number of carbonyl (C=O) groups is 1. The van der Waals surface area contributed by atoms with Gasteiger partial charge in [0.15, 0.2) is 0 Å². The Morgan fingerprint density at radius 1 is 1.32 bits per heavy atom. The molecule has 1 amide bonds. The highest BCUT2D eigenvalue weighted by molar-refractivity contribution is 5.67. The first-order valence-electron chi connectivity index (χ1n) is 8.33. The van der Waals surface area contributed by atoms with Crippen LogP contribution in [-0.4, -0.2) is 30.2 Å². The number of carbonyl (C=O) groups excluding carboxylic acids is 1. The number of hydrogen-bond donors (Lipinski definition) is 1. The van der Waals surface area contributed by atoms with Gasteiger partial charge in [0.05, 0.1) is 11.9 Å². The summed E-state index contributed by atoms with van der Waals surface area (Å²) >= 11 is 0. The number of nitriles is 1. The Kier molecular flexibility index (Phi) is 5.47. The minimum atomic E-state index is -0.395. The zero-order valence-electron chi connectivity index (χ0n) is 13.9. The van der Waals surface area contributed by atoms with Crippen molar-refractivity contribution >= 4 is 11.8 Å². The molecule has 1 aliphatic heterocycles. The van der Waals surface area contributed by atoms with Gasteiger partial charge < -0.3 is 15.0 Å². The number of hydrogen-bond acceptors (Lipinski definition) is 5. The van der Waals surface area contributed by atoms with Crippen LogP contribution < -0.4 is 10.2 Å². The Labute approximate surface area is 147 Å². The summed E-state index contributed by atoms with van der Waals surface area (Å²) in [5, 5.41) is 11.8. The molecule has 3 rings (SSSR count). The Bertz CT molecular complexity index is 740. The van der Waals surface area contributed by atoms with E-state index in [1.165, 1.54) is 0 Å². The number of benzene rings is 1. The molecular formula is C19H20N4O2.